The molecule has 10 heteroatoms. The van der Waals surface area contributed by atoms with Crippen molar-refractivity contribution < 1.29 is 19.1 Å². The van der Waals surface area contributed by atoms with Gasteiger partial charge in [-0.2, -0.15) is 5.10 Å². The summed E-state index contributed by atoms with van der Waals surface area (Å²) in [5.41, 5.74) is 1.89. The number of benzene rings is 2. The van der Waals surface area contributed by atoms with Gasteiger partial charge in [0, 0.05) is 17.5 Å². The van der Waals surface area contributed by atoms with Gasteiger partial charge in [0.2, 0.25) is 18.6 Å². The largest absolute Gasteiger partial charge is 0.454 e. The molecule has 0 aliphatic carbocycles. The third kappa shape index (κ3) is 4.84. The quantitative estimate of drug-likeness (QED) is 0.569. The van der Waals surface area contributed by atoms with E-state index in [1.165, 1.54) is 23.4 Å². The van der Waals surface area contributed by atoms with E-state index in [0.29, 0.717) is 33.5 Å². The zero-order chi connectivity index (χ0) is 21.8. The number of nitrogens with zero attached hydrogens (tertiary/aromatic N) is 3. The second kappa shape index (κ2) is 8.88. The number of hydrogen-bond acceptors (Lipinski definition) is 6. The molecule has 0 fully saturated rings. The average molecular weight is 440 g/mol. The van der Waals surface area contributed by atoms with Crippen LogP contribution < -0.4 is 20.1 Å². The van der Waals surface area contributed by atoms with Gasteiger partial charge in [-0.1, -0.05) is 11.6 Å². The van der Waals surface area contributed by atoms with Gasteiger partial charge in [0.05, 0.1) is 5.02 Å². The standard InChI is InChI=1S/C21H18ClN5O4/c1-13(27-11-23-10-24-27)21(29)26-16-5-3-15(4-6-16)25-19(28)7-2-14-8-17(22)20-18(9-14)30-12-31-20/h2-11,13H,12H2,1H3,(H,25,28)(H,26,29)/b7-2+. The lowest BCUT2D eigenvalue weighted by atomic mass is 10.2. The van der Waals surface area contributed by atoms with Gasteiger partial charge in [-0.25, -0.2) is 9.67 Å². The van der Waals surface area contributed by atoms with Gasteiger partial charge >= 0.3 is 0 Å². The predicted octanol–water partition coefficient (Wildman–Crippen LogP) is 3.51. The van der Waals surface area contributed by atoms with E-state index in [4.69, 9.17) is 21.1 Å². The highest BCUT2D eigenvalue weighted by Gasteiger charge is 2.18. The molecule has 1 aliphatic heterocycles. The number of fused-ring (bicyclic) bond motifs is 1. The second-order valence-electron chi connectivity index (χ2n) is 6.68. The van der Waals surface area contributed by atoms with Crippen LogP contribution in [0.25, 0.3) is 6.08 Å². The Morgan fingerprint density at radius 1 is 1.16 bits per heavy atom. The third-order valence-electron chi connectivity index (χ3n) is 4.51. The van der Waals surface area contributed by atoms with Gasteiger partial charge in [-0.15, -0.1) is 0 Å². The molecule has 2 amide bonds. The van der Waals surface area contributed by atoms with Gasteiger partial charge in [0.25, 0.3) is 0 Å². The number of ether oxygens (including phenoxy) is 2. The van der Waals surface area contributed by atoms with Crippen molar-refractivity contribution in [3.05, 3.63) is 65.7 Å². The van der Waals surface area contributed by atoms with E-state index in [9.17, 15) is 9.59 Å². The molecule has 158 valence electrons. The molecule has 2 N–H and O–H groups in total. The highest BCUT2D eigenvalue weighted by Crippen LogP contribution is 2.40. The summed E-state index contributed by atoms with van der Waals surface area (Å²) in [6, 6.07) is 9.72. The zero-order valence-corrected chi connectivity index (χ0v) is 17.2. The molecular formula is C21H18ClN5O4. The van der Waals surface area contributed by atoms with E-state index in [0.717, 1.165) is 0 Å². The van der Waals surface area contributed by atoms with E-state index >= 15 is 0 Å². The molecule has 1 atom stereocenters. The van der Waals surface area contributed by atoms with Crippen LogP contribution in [0.15, 0.2) is 55.1 Å². The second-order valence-corrected chi connectivity index (χ2v) is 7.08. The van der Waals surface area contributed by atoms with Gasteiger partial charge in [0.1, 0.15) is 18.7 Å². The van der Waals surface area contributed by atoms with E-state index in [2.05, 4.69) is 20.7 Å². The molecule has 0 saturated heterocycles. The first kappa shape index (κ1) is 20.4. The lowest BCUT2D eigenvalue weighted by Crippen LogP contribution is -2.24. The van der Waals surface area contributed by atoms with Crippen molar-refractivity contribution in [1.29, 1.82) is 0 Å². The van der Waals surface area contributed by atoms with Crippen LogP contribution >= 0.6 is 11.6 Å². The fourth-order valence-electron chi connectivity index (χ4n) is 2.86. The fraction of sp³-hybridized carbons (Fsp3) is 0.143. The highest BCUT2D eigenvalue weighted by molar-refractivity contribution is 6.32. The maximum atomic E-state index is 12.3. The van der Waals surface area contributed by atoms with Crippen LogP contribution in [0.4, 0.5) is 11.4 Å². The molecule has 0 radical (unpaired) electrons. The van der Waals surface area contributed by atoms with Crippen LogP contribution in [-0.2, 0) is 9.59 Å². The smallest absolute Gasteiger partial charge is 0.249 e. The van der Waals surface area contributed by atoms with Crippen molar-refractivity contribution in [2.75, 3.05) is 17.4 Å². The Balaban J connectivity index is 1.33. The Kier molecular flexibility index (Phi) is 5.85. The lowest BCUT2D eigenvalue weighted by molar-refractivity contribution is -0.119. The van der Waals surface area contributed by atoms with Crippen LogP contribution in [0.2, 0.25) is 5.02 Å². The minimum atomic E-state index is -0.503. The van der Waals surface area contributed by atoms with Crippen molar-refractivity contribution in [3.8, 4) is 11.5 Å². The molecule has 0 saturated carbocycles. The topological polar surface area (TPSA) is 107 Å². The van der Waals surface area contributed by atoms with Crippen molar-refractivity contribution in [2.45, 2.75) is 13.0 Å². The molecule has 31 heavy (non-hydrogen) atoms. The number of carbonyl (C=O) groups is 2. The molecular weight excluding hydrogens is 422 g/mol. The van der Waals surface area contributed by atoms with E-state index in [-0.39, 0.29) is 18.6 Å². The van der Waals surface area contributed by atoms with Crippen LogP contribution in [0, 0.1) is 0 Å². The highest BCUT2D eigenvalue weighted by atomic mass is 35.5. The first-order chi connectivity index (χ1) is 15.0. The zero-order valence-electron chi connectivity index (χ0n) is 16.4. The Hall–Kier alpha value is -3.85. The van der Waals surface area contributed by atoms with Gasteiger partial charge in [0.15, 0.2) is 11.5 Å². The lowest BCUT2D eigenvalue weighted by Gasteiger charge is -2.12. The van der Waals surface area contributed by atoms with Gasteiger partial charge < -0.3 is 20.1 Å². The molecule has 3 aromatic rings. The number of halogens is 1. The number of nitrogens with one attached hydrogen (secondary N) is 2. The molecule has 2 aromatic carbocycles. The van der Waals surface area contributed by atoms with Gasteiger partial charge in [-0.05, 0) is 55.0 Å². The van der Waals surface area contributed by atoms with Crippen LogP contribution in [0.5, 0.6) is 11.5 Å². The summed E-state index contributed by atoms with van der Waals surface area (Å²) in [5, 5.41) is 9.93. The third-order valence-corrected chi connectivity index (χ3v) is 4.79. The Bertz CT molecular complexity index is 1130. The van der Waals surface area contributed by atoms with Crippen LogP contribution in [0.1, 0.15) is 18.5 Å². The maximum absolute atomic E-state index is 12.3. The number of anilines is 2. The summed E-state index contributed by atoms with van der Waals surface area (Å²) in [5.74, 6) is 0.507. The van der Waals surface area contributed by atoms with Crippen LogP contribution in [0.3, 0.4) is 0 Å². The van der Waals surface area contributed by atoms with Crippen molar-refractivity contribution >= 4 is 40.9 Å². The maximum Gasteiger partial charge on any atom is 0.249 e. The summed E-state index contributed by atoms with van der Waals surface area (Å²) in [7, 11) is 0. The Labute approximate surface area is 182 Å². The van der Waals surface area contributed by atoms with E-state index in [1.54, 1.807) is 49.4 Å². The number of rotatable bonds is 6. The van der Waals surface area contributed by atoms with Crippen molar-refractivity contribution in [2.24, 2.45) is 0 Å². The summed E-state index contributed by atoms with van der Waals surface area (Å²) >= 11 is 6.14. The molecule has 1 aliphatic rings. The molecule has 0 bridgehead atoms. The summed E-state index contributed by atoms with van der Waals surface area (Å²) < 4.78 is 12.0. The first-order valence-electron chi connectivity index (χ1n) is 9.33. The predicted molar refractivity (Wildman–Crippen MR) is 115 cm³/mol. The average Bonchev–Trinajstić information content (AvgIpc) is 3.45. The van der Waals surface area contributed by atoms with E-state index in [1.807, 2.05) is 0 Å². The number of amides is 2. The molecule has 9 nitrogen and oxygen atoms in total. The minimum absolute atomic E-state index is 0.124. The molecule has 4 rings (SSSR count). The summed E-state index contributed by atoms with van der Waals surface area (Å²) in [4.78, 5) is 28.3. The van der Waals surface area contributed by atoms with Gasteiger partial charge in [-0.3, -0.25) is 9.59 Å². The number of hydrogen-bond donors (Lipinski definition) is 2. The number of carbonyl (C=O) groups excluding carboxylic acids is 2. The van der Waals surface area contributed by atoms with Crippen LogP contribution in [-0.4, -0.2) is 33.4 Å². The van der Waals surface area contributed by atoms with Crippen molar-refractivity contribution in [1.82, 2.24) is 14.8 Å². The first-order valence-corrected chi connectivity index (χ1v) is 9.70. The molecule has 0 spiro atoms. The molecule has 1 unspecified atom stereocenters. The Morgan fingerprint density at radius 2 is 1.90 bits per heavy atom. The van der Waals surface area contributed by atoms with Crippen molar-refractivity contribution in [3.63, 3.8) is 0 Å². The summed E-state index contributed by atoms with van der Waals surface area (Å²) in [6.45, 7) is 1.84. The summed E-state index contributed by atoms with van der Waals surface area (Å²) in [6.07, 6.45) is 5.87. The van der Waals surface area contributed by atoms with E-state index < -0.39 is 6.04 Å². The molecule has 2 heterocycles. The minimum Gasteiger partial charge on any atom is -0.454 e. The molecule has 1 aromatic heterocycles. The fourth-order valence-corrected chi connectivity index (χ4v) is 3.13. The monoisotopic (exact) mass is 439 g/mol. The SMILES string of the molecule is CC(C(=O)Nc1ccc(NC(=O)/C=C/c2cc(Cl)c3c(c2)OCO3)cc1)n1cncn1. The number of aromatic nitrogens is 3. The normalized spacial score (nSPS) is 13.2. The Morgan fingerprint density at radius 3 is 2.61 bits per heavy atom.